The first-order valence-electron chi connectivity index (χ1n) is 6.63. The number of halogens is 2. The monoisotopic (exact) mass is 330 g/mol. The molecule has 0 aliphatic carbocycles. The van der Waals surface area contributed by atoms with Crippen molar-refractivity contribution in [3.05, 3.63) is 63.8 Å². The van der Waals surface area contributed by atoms with Crippen LogP contribution in [0.5, 0.6) is 0 Å². The number of hydrogen-bond acceptors (Lipinski definition) is 2. The first-order valence-corrected chi connectivity index (χ1v) is 7.39. The number of hydrogen-bond donors (Lipinski definition) is 1. The zero-order chi connectivity index (χ0) is 15.9. The predicted octanol–water partition coefficient (Wildman–Crippen LogP) is 4.62. The van der Waals surface area contributed by atoms with Gasteiger partial charge in [-0.2, -0.15) is 0 Å². The molecule has 1 aromatic heterocycles. The summed E-state index contributed by atoms with van der Waals surface area (Å²) in [5, 5.41) is 1.85. The van der Waals surface area contributed by atoms with Crippen LogP contribution >= 0.6 is 23.2 Å². The molecular formula is C17H12Cl2N2O. The number of primary amides is 1. The summed E-state index contributed by atoms with van der Waals surface area (Å²) in [7, 11) is 0. The summed E-state index contributed by atoms with van der Waals surface area (Å²) in [4.78, 5) is 16.4. The molecule has 1 amide bonds. The van der Waals surface area contributed by atoms with Gasteiger partial charge in [-0.15, -0.1) is 0 Å². The van der Waals surface area contributed by atoms with Crippen LogP contribution < -0.4 is 5.73 Å². The molecule has 1 heterocycles. The molecule has 0 radical (unpaired) electrons. The Morgan fingerprint density at radius 1 is 1.14 bits per heavy atom. The van der Waals surface area contributed by atoms with Crippen molar-refractivity contribution in [2.45, 2.75) is 6.92 Å². The summed E-state index contributed by atoms with van der Waals surface area (Å²) in [6.45, 7) is 1.76. The molecule has 2 aromatic carbocycles. The number of fused-ring (bicyclic) bond motifs is 1. The Balaban J connectivity index is 2.53. The number of rotatable bonds is 2. The molecule has 0 spiro atoms. The van der Waals surface area contributed by atoms with Gasteiger partial charge in [0.2, 0.25) is 0 Å². The zero-order valence-electron chi connectivity index (χ0n) is 11.7. The third-order valence-electron chi connectivity index (χ3n) is 3.52. The fourth-order valence-electron chi connectivity index (χ4n) is 2.60. The third-order valence-corrected chi connectivity index (χ3v) is 4.08. The molecule has 5 heteroatoms. The quantitative estimate of drug-likeness (QED) is 0.745. The summed E-state index contributed by atoms with van der Waals surface area (Å²) >= 11 is 12.4. The molecule has 110 valence electrons. The second-order valence-electron chi connectivity index (χ2n) is 4.95. The van der Waals surface area contributed by atoms with Gasteiger partial charge in [0.05, 0.1) is 16.8 Å². The SMILES string of the molecule is Cc1nc2ccc(Cl)cc2c(-c2ccccc2Cl)c1C(N)=O. The number of nitrogens with two attached hydrogens (primary N) is 1. The van der Waals surface area contributed by atoms with Gasteiger partial charge in [-0.05, 0) is 31.2 Å². The second kappa shape index (κ2) is 5.59. The van der Waals surface area contributed by atoms with Crippen LogP contribution in [0.1, 0.15) is 16.1 Å². The van der Waals surface area contributed by atoms with Crippen molar-refractivity contribution in [1.82, 2.24) is 4.98 Å². The average molecular weight is 331 g/mol. The molecule has 22 heavy (non-hydrogen) atoms. The number of benzene rings is 2. The summed E-state index contributed by atoms with van der Waals surface area (Å²) < 4.78 is 0. The van der Waals surface area contributed by atoms with E-state index in [0.717, 1.165) is 16.5 Å². The van der Waals surface area contributed by atoms with Gasteiger partial charge in [0.1, 0.15) is 0 Å². The van der Waals surface area contributed by atoms with Crippen molar-refractivity contribution in [1.29, 1.82) is 0 Å². The van der Waals surface area contributed by atoms with Gasteiger partial charge in [0.25, 0.3) is 5.91 Å². The van der Waals surface area contributed by atoms with Gasteiger partial charge >= 0.3 is 0 Å². The van der Waals surface area contributed by atoms with Crippen molar-refractivity contribution < 1.29 is 4.79 Å². The lowest BCUT2D eigenvalue weighted by molar-refractivity contribution is 0.1000. The van der Waals surface area contributed by atoms with E-state index < -0.39 is 5.91 Å². The zero-order valence-corrected chi connectivity index (χ0v) is 13.2. The van der Waals surface area contributed by atoms with Gasteiger partial charge in [-0.25, -0.2) is 0 Å². The van der Waals surface area contributed by atoms with Gasteiger partial charge in [-0.3, -0.25) is 9.78 Å². The number of aryl methyl sites for hydroxylation is 1. The molecule has 0 bridgehead atoms. The highest BCUT2D eigenvalue weighted by Gasteiger charge is 2.20. The minimum atomic E-state index is -0.540. The maximum atomic E-state index is 12.0. The Hall–Kier alpha value is -2.10. The van der Waals surface area contributed by atoms with E-state index in [4.69, 9.17) is 28.9 Å². The largest absolute Gasteiger partial charge is 0.366 e. The fourth-order valence-corrected chi connectivity index (χ4v) is 3.01. The molecule has 0 fully saturated rings. The highest BCUT2D eigenvalue weighted by molar-refractivity contribution is 6.34. The molecule has 0 unspecified atom stereocenters. The van der Waals surface area contributed by atoms with Crippen LogP contribution in [0.25, 0.3) is 22.0 Å². The number of carbonyl (C=O) groups excluding carboxylic acids is 1. The molecule has 3 nitrogen and oxygen atoms in total. The van der Waals surface area contributed by atoms with Crippen LogP contribution in [0.4, 0.5) is 0 Å². The first kappa shape index (κ1) is 14.8. The fraction of sp³-hybridized carbons (Fsp3) is 0.0588. The van der Waals surface area contributed by atoms with E-state index >= 15 is 0 Å². The maximum Gasteiger partial charge on any atom is 0.251 e. The van der Waals surface area contributed by atoms with Crippen molar-refractivity contribution in [3.63, 3.8) is 0 Å². The molecule has 0 aliphatic rings. The second-order valence-corrected chi connectivity index (χ2v) is 5.80. The Kier molecular flexibility index (Phi) is 3.77. The van der Waals surface area contributed by atoms with Crippen molar-refractivity contribution in [3.8, 4) is 11.1 Å². The predicted molar refractivity (Wildman–Crippen MR) is 90.5 cm³/mol. The van der Waals surface area contributed by atoms with Crippen molar-refractivity contribution in [2.24, 2.45) is 5.73 Å². The first-order chi connectivity index (χ1) is 10.5. The van der Waals surface area contributed by atoms with Crippen LogP contribution in [0.2, 0.25) is 10.0 Å². The van der Waals surface area contributed by atoms with Crippen molar-refractivity contribution in [2.75, 3.05) is 0 Å². The molecule has 0 saturated carbocycles. The lowest BCUT2D eigenvalue weighted by Crippen LogP contribution is -2.15. The average Bonchev–Trinajstić information content (AvgIpc) is 2.47. The molecule has 0 aliphatic heterocycles. The lowest BCUT2D eigenvalue weighted by atomic mass is 9.94. The number of aromatic nitrogens is 1. The normalized spacial score (nSPS) is 10.9. The van der Waals surface area contributed by atoms with Crippen molar-refractivity contribution >= 4 is 40.0 Å². The Morgan fingerprint density at radius 3 is 2.55 bits per heavy atom. The highest BCUT2D eigenvalue weighted by Crippen LogP contribution is 2.37. The minimum absolute atomic E-state index is 0.364. The van der Waals surface area contributed by atoms with E-state index in [1.807, 2.05) is 24.3 Å². The van der Waals surface area contributed by atoms with Crippen LogP contribution in [-0.2, 0) is 0 Å². The topological polar surface area (TPSA) is 56.0 Å². The third kappa shape index (κ3) is 2.43. The van der Waals surface area contributed by atoms with E-state index in [-0.39, 0.29) is 0 Å². The van der Waals surface area contributed by atoms with Gasteiger partial charge in [-0.1, -0.05) is 41.4 Å². The summed E-state index contributed by atoms with van der Waals surface area (Å²) in [5.41, 5.74) is 8.65. The number of nitrogens with zero attached hydrogens (tertiary/aromatic N) is 1. The van der Waals surface area contributed by atoms with Crippen LogP contribution in [0, 0.1) is 6.92 Å². The molecule has 3 rings (SSSR count). The van der Waals surface area contributed by atoms with Crippen LogP contribution in [0.15, 0.2) is 42.5 Å². The van der Waals surface area contributed by atoms with E-state index in [0.29, 0.717) is 26.9 Å². The summed E-state index contributed by atoms with van der Waals surface area (Å²) in [5.74, 6) is -0.540. The highest BCUT2D eigenvalue weighted by atomic mass is 35.5. The van der Waals surface area contributed by atoms with E-state index in [2.05, 4.69) is 4.98 Å². The molecule has 0 atom stereocenters. The molecule has 3 aromatic rings. The van der Waals surface area contributed by atoms with Gasteiger partial charge in [0, 0.05) is 26.6 Å². The molecule has 2 N–H and O–H groups in total. The summed E-state index contributed by atoms with van der Waals surface area (Å²) in [6, 6.07) is 12.7. The number of amides is 1. The van der Waals surface area contributed by atoms with Gasteiger partial charge < -0.3 is 5.73 Å². The van der Waals surface area contributed by atoms with Crippen LogP contribution in [-0.4, -0.2) is 10.9 Å². The standard InChI is InChI=1S/C17H12Cl2N2O/c1-9-15(17(20)22)16(11-4-2-3-5-13(11)19)12-8-10(18)6-7-14(12)21-9/h2-8H,1H3,(H2,20,22). The minimum Gasteiger partial charge on any atom is -0.366 e. The van der Waals surface area contributed by atoms with Gasteiger partial charge in [0.15, 0.2) is 0 Å². The van der Waals surface area contributed by atoms with Crippen LogP contribution in [0.3, 0.4) is 0 Å². The summed E-state index contributed by atoms with van der Waals surface area (Å²) in [6.07, 6.45) is 0. The Morgan fingerprint density at radius 2 is 1.86 bits per heavy atom. The smallest absolute Gasteiger partial charge is 0.251 e. The molecule has 0 saturated heterocycles. The number of carbonyl (C=O) groups is 1. The number of pyridine rings is 1. The lowest BCUT2D eigenvalue weighted by Gasteiger charge is -2.15. The van der Waals surface area contributed by atoms with E-state index in [1.165, 1.54) is 0 Å². The van der Waals surface area contributed by atoms with E-state index in [1.54, 1.807) is 25.1 Å². The van der Waals surface area contributed by atoms with E-state index in [9.17, 15) is 4.79 Å². The Labute approximate surface area is 137 Å². The molecular weight excluding hydrogens is 319 g/mol. The Bertz CT molecular complexity index is 907. The maximum absolute atomic E-state index is 12.0.